The minimum Gasteiger partial charge on any atom is -0.303 e. The van der Waals surface area contributed by atoms with Crippen LogP contribution >= 0.6 is 31.9 Å². The first-order valence-corrected chi connectivity index (χ1v) is 11.7. The van der Waals surface area contributed by atoms with Crippen LogP contribution in [0.2, 0.25) is 0 Å². The number of anilines is 1. The van der Waals surface area contributed by atoms with Crippen molar-refractivity contribution in [1.29, 1.82) is 0 Å². The molecule has 0 bridgehead atoms. The molecule has 0 N–H and O–H groups in total. The van der Waals surface area contributed by atoms with Crippen molar-refractivity contribution in [3.63, 3.8) is 0 Å². The quantitative estimate of drug-likeness (QED) is 0.301. The third-order valence-electron chi connectivity index (χ3n) is 4.95. The van der Waals surface area contributed by atoms with Crippen LogP contribution in [0.1, 0.15) is 30.9 Å². The molecule has 0 aliphatic heterocycles. The van der Waals surface area contributed by atoms with Gasteiger partial charge in [0, 0.05) is 34.8 Å². The minimum atomic E-state index is -0.417. The third kappa shape index (κ3) is 4.98. The highest BCUT2D eigenvalue weighted by atomic mass is 79.9. The Bertz CT molecular complexity index is 1340. The lowest BCUT2D eigenvalue weighted by Gasteiger charge is -2.12. The molecule has 0 saturated carbocycles. The van der Waals surface area contributed by atoms with Crippen LogP contribution in [-0.4, -0.2) is 38.5 Å². The molecular formula is C22H21Br2F2N5O2. The van der Waals surface area contributed by atoms with Gasteiger partial charge in [0.15, 0.2) is 22.9 Å². The Morgan fingerprint density at radius 1 is 0.939 bits per heavy atom. The van der Waals surface area contributed by atoms with E-state index >= 15 is 0 Å². The molecule has 0 fully saturated rings. The molecule has 0 atom stereocenters. The van der Waals surface area contributed by atoms with E-state index in [0.29, 0.717) is 39.7 Å². The maximum Gasteiger partial charge on any atom is 0.215 e. The lowest BCUT2D eigenvalue weighted by molar-refractivity contribution is -0.108. The van der Waals surface area contributed by atoms with Gasteiger partial charge in [0.1, 0.15) is 12.1 Å². The number of imidazole rings is 2. The van der Waals surface area contributed by atoms with Gasteiger partial charge >= 0.3 is 0 Å². The van der Waals surface area contributed by atoms with Crippen molar-refractivity contribution in [2.45, 2.75) is 33.1 Å². The Morgan fingerprint density at radius 3 is 1.97 bits per heavy atom. The Balaban J connectivity index is 0.000000186. The zero-order chi connectivity index (χ0) is 24.3. The summed E-state index contributed by atoms with van der Waals surface area (Å²) in [5.41, 5.74) is 2.72. The standard InChI is InChI=1S/C11H11BrFN3O.C11H10BrFN2O/c1-3-9-11(15(2)6-17)16-5-7(12)4-8(13)10(16)14-9;1-2-9-10(3-4-16)15-6-7(12)5-8(13)11(15)14-9/h4-6H,3H2,1-2H3;4-6H,2-3H2,1H3. The first kappa shape index (κ1) is 25.0. The molecule has 0 spiro atoms. The van der Waals surface area contributed by atoms with Gasteiger partial charge in [0.05, 0.1) is 17.1 Å². The van der Waals surface area contributed by atoms with E-state index in [4.69, 9.17) is 0 Å². The van der Waals surface area contributed by atoms with Crippen LogP contribution in [-0.2, 0) is 28.9 Å². The molecule has 7 nitrogen and oxygen atoms in total. The molecule has 0 unspecified atom stereocenters. The van der Waals surface area contributed by atoms with Crippen LogP contribution in [0.3, 0.4) is 0 Å². The summed E-state index contributed by atoms with van der Waals surface area (Å²) in [4.78, 5) is 31.3. The molecule has 0 radical (unpaired) electrons. The molecule has 4 heterocycles. The number of halogens is 4. The van der Waals surface area contributed by atoms with Gasteiger partial charge in [-0.15, -0.1) is 0 Å². The summed E-state index contributed by atoms with van der Waals surface area (Å²) in [7, 11) is 1.62. The second-order valence-corrected chi connectivity index (χ2v) is 8.91. The zero-order valence-corrected chi connectivity index (χ0v) is 21.3. The number of pyridine rings is 2. The number of fused-ring (bicyclic) bond motifs is 2. The molecule has 0 aliphatic carbocycles. The molecule has 1 amide bonds. The highest BCUT2D eigenvalue weighted by Crippen LogP contribution is 2.26. The molecule has 0 aromatic carbocycles. The van der Waals surface area contributed by atoms with Crippen molar-refractivity contribution >= 4 is 61.7 Å². The summed E-state index contributed by atoms with van der Waals surface area (Å²) >= 11 is 6.45. The fourth-order valence-electron chi connectivity index (χ4n) is 3.51. The molecule has 0 aliphatic rings. The van der Waals surface area contributed by atoms with Crippen LogP contribution < -0.4 is 4.90 Å². The lowest BCUT2D eigenvalue weighted by Crippen LogP contribution is -2.17. The van der Waals surface area contributed by atoms with E-state index in [2.05, 4.69) is 41.8 Å². The fraction of sp³-hybridized carbons (Fsp3) is 0.273. The summed E-state index contributed by atoms with van der Waals surface area (Å²) in [6.45, 7) is 3.85. The van der Waals surface area contributed by atoms with Gasteiger partial charge in [0.25, 0.3) is 0 Å². The molecule has 4 aromatic heterocycles. The minimum absolute atomic E-state index is 0.230. The maximum absolute atomic E-state index is 13.7. The van der Waals surface area contributed by atoms with E-state index in [1.807, 2.05) is 13.8 Å². The first-order valence-electron chi connectivity index (χ1n) is 10.1. The second-order valence-electron chi connectivity index (χ2n) is 7.08. The van der Waals surface area contributed by atoms with Crippen LogP contribution in [0.25, 0.3) is 11.3 Å². The van der Waals surface area contributed by atoms with Crippen molar-refractivity contribution < 1.29 is 18.4 Å². The Morgan fingerprint density at radius 2 is 1.45 bits per heavy atom. The number of amides is 1. The van der Waals surface area contributed by atoms with E-state index in [1.54, 1.807) is 28.2 Å². The largest absolute Gasteiger partial charge is 0.303 e. The zero-order valence-electron chi connectivity index (χ0n) is 18.1. The van der Waals surface area contributed by atoms with Gasteiger partial charge in [-0.1, -0.05) is 13.8 Å². The van der Waals surface area contributed by atoms with Crippen molar-refractivity contribution in [2.24, 2.45) is 0 Å². The van der Waals surface area contributed by atoms with E-state index in [1.165, 1.54) is 17.0 Å². The molecule has 0 saturated heterocycles. The maximum atomic E-state index is 13.7. The van der Waals surface area contributed by atoms with Crippen molar-refractivity contribution in [3.8, 4) is 0 Å². The number of hydrogen-bond donors (Lipinski definition) is 0. The Labute approximate surface area is 205 Å². The molecule has 4 rings (SSSR count). The normalized spacial score (nSPS) is 10.9. The number of aldehydes is 1. The van der Waals surface area contributed by atoms with Crippen LogP contribution in [0.4, 0.5) is 14.6 Å². The van der Waals surface area contributed by atoms with E-state index in [9.17, 15) is 18.4 Å². The van der Waals surface area contributed by atoms with Gasteiger partial charge in [-0.2, -0.15) is 0 Å². The molecule has 174 valence electrons. The summed E-state index contributed by atoms with van der Waals surface area (Å²) in [5.74, 6) is -0.210. The van der Waals surface area contributed by atoms with Crippen LogP contribution in [0.15, 0.2) is 33.5 Å². The van der Waals surface area contributed by atoms with Crippen LogP contribution in [0, 0.1) is 11.6 Å². The third-order valence-corrected chi connectivity index (χ3v) is 5.82. The molecule has 33 heavy (non-hydrogen) atoms. The monoisotopic (exact) mass is 583 g/mol. The van der Waals surface area contributed by atoms with Gasteiger partial charge in [-0.3, -0.25) is 13.6 Å². The van der Waals surface area contributed by atoms with Gasteiger partial charge < -0.3 is 9.69 Å². The highest BCUT2D eigenvalue weighted by Gasteiger charge is 2.17. The van der Waals surface area contributed by atoms with E-state index in [-0.39, 0.29) is 23.5 Å². The van der Waals surface area contributed by atoms with E-state index in [0.717, 1.165) is 17.7 Å². The van der Waals surface area contributed by atoms with Gasteiger partial charge in [0.2, 0.25) is 6.41 Å². The fourth-order valence-corrected chi connectivity index (χ4v) is 4.33. The molecule has 4 aromatic rings. The van der Waals surface area contributed by atoms with Gasteiger partial charge in [-0.05, 0) is 56.8 Å². The number of hydrogen-bond acceptors (Lipinski definition) is 4. The van der Waals surface area contributed by atoms with Crippen molar-refractivity contribution in [1.82, 2.24) is 18.8 Å². The second kappa shape index (κ2) is 10.5. The van der Waals surface area contributed by atoms with Gasteiger partial charge in [-0.25, -0.2) is 18.7 Å². The number of rotatable bonds is 6. The lowest BCUT2D eigenvalue weighted by atomic mass is 10.2. The Hall–Kier alpha value is -2.66. The smallest absolute Gasteiger partial charge is 0.215 e. The average molecular weight is 585 g/mol. The summed E-state index contributed by atoms with van der Waals surface area (Å²) in [6, 6.07) is 2.72. The SMILES string of the molecule is CCc1nc2c(F)cc(Br)cn2c1CC=O.CCc1nc2c(F)cc(Br)cn2c1N(C)C=O. The summed E-state index contributed by atoms with van der Waals surface area (Å²) < 4.78 is 31.8. The molecule has 11 heteroatoms. The van der Waals surface area contributed by atoms with E-state index < -0.39 is 5.82 Å². The summed E-state index contributed by atoms with van der Waals surface area (Å²) in [6.07, 6.45) is 6.47. The number of aromatic nitrogens is 4. The number of aryl methyl sites for hydroxylation is 2. The molecular weight excluding hydrogens is 564 g/mol. The first-order chi connectivity index (χ1) is 15.7. The van der Waals surface area contributed by atoms with Crippen molar-refractivity contribution in [3.05, 3.63) is 62.2 Å². The van der Waals surface area contributed by atoms with Crippen LogP contribution in [0.5, 0.6) is 0 Å². The topological polar surface area (TPSA) is 72.0 Å². The number of carbonyl (C=O) groups is 2. The highest BCUT2D eigenvalue weighted by molar-refractivity contribution is 9.10. The average Bonchev–Trinajstić information content (AvgIpc) is 3.32. The predicted octanol–water partition coefficient (Wildman–Crippen LogP) is 4.93. The number of carbonyl (C=O) groups excluding carboxylic acids is 2. The van der Waals surface area contributed by atoms with Crippen molar-refractivity contribution in [2.75, 3.05) is 11.9 Å². The Kier molecular flexibility index (Phi) is 7.96. The summed E-state index contributed by atoms with van der Waals surface area (Å²) in [5, 5.41) is 0. The predicted molar refractivity (Wildman–Crippen MR) is 129 cm³/mol. The number of nitrogens with zero attached hydrogens (tertiary/aromatic N) is 5.